The molecule has 0 heterocycles. The molecule has 59 heavy (non-hydrogen) atoms. The lowest BCUT2D eigenvalue weighted by atomic mass is 10.1. The van der Waals surface area contributed by atoms with E-state index < -0.39 is 41.5 Å². The van der Waals surface area contributed by atoms with Gasteiger partial charge in [-0.2, -0.15) is 0 Å². The molecule has 0 radical (unpaired) electrons. The second-order valence-electron chi connectivity index (χ2n) is 14.7. The Morgan fingerprint density at radius 2 is 1.00 bits per heavy atom. The first-order chi connectivity index (χ1) is 28.9. The summed E-state index contributed by atoms with van der Waals surface area (Å²) in [6.45, 7) is 5.20. The number of aliphatic hydroxyl groups excluding tert-OH is 1. The maximum Gasteiger partial charge on any atom is 0.338 e. The number of esters is 2. The summed E-state index contributed by atoms with van der Waals surface area (Å²) in [6, 6.07) is 32.3. The molecule has 320 valence electrons. The van der Waals surface area contributed by atoms with E-state index >= 15 is 4.39 Å². The predicted octanol–water partition coefficient (Wildman–Crippen LogP) is 12.4. The van der Waals surface area contributed by atoms with Gasteiger partial charge in [0, 0.05) is 11.5 Å². The predicted molar refractivity (Wildman–Crippen MR) is 240 cm³/mol. The van der Waals surface area contributed by atoms with Gasteiger partial charge < -0.3 is 24.1 Å². The first-order valence-corrected chi connectivity index (χ1v) is 23.4. The molecular weight excluding hydrogens is 784 g/mol. The highest BCUT2D eigenvalue weighted by molar-refractivity contribution is 8.16. The molecule has 0 fully saturated rings. The number of carbonyl (C=O) groups excluding carboxylic acids is 2. The molecule has 10 heteroatoms. The fraction of sp³-hybridized carbons (Fsp3) is 0.469. The summed E-state index contributed by atoms with van der Waals surface area (Å²) in [4.78, 5) is 26.1. The van der Waals surface area contributed by atoms with Crippen LogP contribution in [0.1, 0.15) is 123 Å². The minimum Gasteiger partial charge on any atom is -0.494 e. The summed E-state index contributed by atoms with van der Waals surface area (Å²) in [5.41, 5.74) is 2.45. The van der Waals surface area contributed by atoms with Gasteiger partial charge >= 0.3 is 11.9 Å². The van der Waals surface area contributed by atoms with Crippen molar-refractivity contribution in [2.45, 2.75) is 125 Å². The van der Waals surface area contributed by atoms with Gasteiger partial charge in [0.1, 0.15) is 24.2 Å². The monoisotopic (exact) mass is 846 g/mol. The Morgan fingerprint density at radius 1 is 0.576 bits per heavy atom. The molecule has 0 amide bonds. The molecule has 0 aliphatic rings. The molecular formula is C49H63FO7S2. The highest BCUT2D eigenvalue weighted by Crippen LogP contribution is 2.37. The number of ether oxygens (including phenoxy) is 4. The van der Waals surface area contributed by atoms with Crippen molar-refractivity contribution in [2.24, 2.45) is 0 Å². The van der Waals surface area contributed by atoms with E-state index in [4.69, 9.17) is 18.9 Å². The van der Waals surface area contributed by atoms with Crippen molar-refractivity contribution in [1.82, 2.24) is 0 Å². The third-order valence-corrected chi connectivity index (χ3v) is 12.8. The number of benzene rings is 4. The van der Waals surface area contributed by atoms with Gasteiger partial charge in [0.25, 0.3) is 0 Å². The molecule has 0 aliphatic heterocycles. The van der Waals surface area contributed by atoms with Crippen LogP contribution < -0.4 is 9.47 Å². The van der Waals surface area contributed by atoms with Crippen molar-refractivity contribution in [3.8, 4) is 11.5 Å². The van der Waals surface area contributed by atoms with Crippen LogP contribution in [-0.2, 0) is 21.0 Å². The van der Waals surface area contributed by atoms with Crippen LogP contribution in [0.15, 0.2) is 109 Å². The zero-order valence-corrected chi connectivity index (χ0v) is 36.4. The summed E-state index contributed by atoms with van der Waals surface area (Å²) >= 11 is 2.73. The van der Waals surface area contributed by atoms with E-state index in [0.29, 0.717) is 24.7 Å². The summed E-state index contributed by atoms with van der Waals surface area (Å²) < 4.78 is 39.4. The summed E-state index contributed by atoms with van der Waals surface area (Å²) in [6.07, 6.45) is 9.20. The fourth-order valence-corrected chi connectivity index (χ4v) is 8.86. The van der Waals surface area contributed by atoms with Gasteiger partial charge in [-0.25, -0.2) is 14.0 Å². The molecule has 0 bridgehead atoms. The number of hydrogen-bond donors (Lipinski definition) is 1. The molecule has 0 aromatic heterocycles. The van der Waals surface area contributed by atoms with E-state index in [1.165, 1.54) is 74.9 Å². The van der Waals surface area contributed by atoms with Gasteiger partial charge in [-0.05, 0) is 72.5 Å². The Balaban J connectivity index is 1.45. The Bertz CT molecular complexity index is 1640. The quantitative estimate of drug-likeness (QED) is 0.0313. The van der Waals surface area contributed by atoms with E-state index in [0.717, 1.165) is 48.3 Å². The molecule has 0 unspecified atom stereocenters. The molecule has 4 aromatic rings. The van der Waals surface area contributed by atoms with Crippen LogP contribution in [-0.4, -0.2) is 59.8 Å². The molecule has 0 aliphatic carbocycles. The fourth-order valence-electron chi connectivity index (χ4n) is 6.29. The smallest absolute Gasteiger partial charge is 0.338 e. The number of alkyl halides is 1. The molecule has 0 saturated heterocycles. The van der Waals surface area contributed by atoms with Crippen LogP contribution in [0.3, 0.4) is 0 Å². The number of rotatable bonds is 30. The lowest BCUT2D eigenvalue weighted by Gasteiger charge is -2.30. The van der Waals surface area contributed by atoms with Crippen LogP contribution in [0.25, 0.3) is 0 Å². The van der Waals surface area contributed by atoms with Gasteiger partial charge in [-0.15, -0.1) is 23.5 Å². The molecule has 4 aromatic carbocycles. The van der Waals surface area contributed by atoms with E-state index in [1.54, 1.807) is 60.7 Å². The summed E-state index contributed by atoms with van der Waals surface area (Å²) in [5.74, 6) is 1.05. The second-order valence-corrected chi connectivity index (χ2v) is 17.3. The van der Waals surface area contributed by atoms with Gasteiger partial charge in [-0.3, -0.25) is 0 Å². The van der Waals surface area contributed by atoms with Gasteiger partial charge in [0.15, 0.2) is 12.3 Å². The van der Waals surface area contributed by atoms with Crippen LogP contribution in [0.5, 0.6) is 11.5 Å². The van der Waals surface area contributed by atoms with Crippen molar-refractivity contribution in [3.05, 3.63) is 131 Å². The zero-order valence-electron chi connectivity index (χ0n) is 34.8. The number of thioether (sulfide) groups is 2. The van der Waals surface area contributed by atoms with Gasteiger partial charge in [0.05, 0.1) is 28.9 Å². The van der Waals surface area contributed by atoms with Crippen molar-refractivity contribution in [1.29, 1.82) is 0 Å². The van der Waals surface area contributed by atoms with Crippen LogP contribution in [0.4, 0.5) is 4.39 Å². The Morgan fingerprint density at radius 3 is 1.46 bits per heavy atom. The van der Waals surface area contributed by atoms with Crippen molar-refractivity contribution >= 4 is 35.5 Å². The van der Waals surface area contributed by atoms with Crippen molar-refractivity contribution in [3.63, 3.8) is 0 Å². The van der Waals surface area contributed by atoms with Crippen LogP contribution in [0.2, 0.25) is 0 Å². The minimum absolute atomic E-state index is 0.215. The lowest BCUT2D eigenvalue weighted by Crippen LogP contribution is -2.45. The van der Waals surface area contributed by atoms with Crippen molar-refractivity contribution < 1.29 is 38.0 Å². The molecule has 1 N–H and O–H groups in total. The average Bonchev–Trinajstić information content (AvgIpc) is 3.27. The third kappa shape index (κ3) is 18.4. The SMILES string of the molecule is CCCCCCCCOc1ccc(CSC(SCc2ccc(OCCCCCCCC)cc2)[C@@H](F)[C@H](OC(=O)c2ccccc2)[C@H](O)COC(=O)c2ccccc2)cc1. The number of halogens is 1. The summed E-state index contributed by atoms with van der Waals surface area (Å²) in [5, 5.41) is 11.4. The van der Waals surface area contributed by atoms with Gasteiger partial charge in [-0.1, -0.05) is 139 Å². The standard InChI is InChI=1S/C49H63FO7S2/c1-3-5-7-9-11-19-33-54-42-29-25-38(26-30-42)36-58-49(59-37-39-27-31-43(32-28-39)55-34-20-12-10-8-6-4-2)45(50)46(57-48(53)41-23-17-14-18-24-41)44(51)35-56-47(52)40-21-15-13-16-22-40/h13-18,21-32,44-46,49,51H,3-12,19-20,33-37H2,1-2H3/t44-,45+,46-/m1/s1. The topological polar surface area (TPSA) is 91.3 Å². The Kier molecular flexibility index (Phi) is 23.0. The van der Waals surface area contributed by atoms with Crippen LogP contribution >= 0.6 is 23.5 Å². The highest BCUT2D eigenvalue weighted by atomic mass is 32.2. The Hall–Kier alpha value is -3.99. The lowest BCUT2D eigenvalue weighted by molar-refractivity contribution is -0.0682. The number of hydrogen-bond acceptors (Lipinski definition) is 9. The first kappa shape index (κ1) is 47.7. The van der Waals surface area contributed by atoms with E-state index in [-0.39, 0.29) is 11.1 Å². The highest BCUT2D eigenvalue weighted by Gasteiger charge is 2.39. The largest absolute Gasteiger partial charge is 0.494 e. The number of carbonyl (C=O) groups is 2. The van der Waals surface area contributed by atoms with E-state index in [2.05, 4.69) is 13.8 Å². The minimum atomic E-state index is -1.84. The number of aliphatic hydroxyl groups is 1. The zero-order chi connectivity index (χ0) is 41.9. The molecule has 3 atom stereocenters. The molecule has 0 saturated carbocycles. The molecule has 0 spiro atoms. The molecule has 7 nitrogen and oxygen atoms in total. The average molecular weight is 847 g/mol. The van der Waals surface area contributed by atoms with Gasteiger partial charge in [0.2, 0.25) is 0 Å². The first-order valence-electron chi connectivity index (χ1n) is 21.3. The maximum absolute atomic E-state index is 17.1. The third-order valence-electron chi connectivity index (χ3n) is 9.81. The second kappa shape index (κ2) is 28.5. The van der Waals surface area contributed by atoms with E-state index in [1.807, 2.05) is 48.5 Å². The number of unbranched alkanes of at least 4 members (excludes halogenated alkanes) is 10. The maximum atomic E-state index is 17.1. The Labute approximate surface area is 360 Å². The molecule has 4 rings (SSSR count). The van der Waals surface area contributed by atoms with Crippen LogP contribution in [0, 0.1) is 0 Å². The van der Waals surface area contributed by atoms with Crippen molar-refractivity contribution in [2.75, 3.05) is 19.8 Å². The summed E-state index contributed by atoms with van der Waals surface area (Å²) in [7, 11) is 0. The van der Waals surface area contributed by atoms with E-state index in [9.17, 15) is 14.7 Å². The normalized spacial score (nSPS) is 12.8.